The molecule has 1 aromatic carbocycles. The minimum atomic E-state index is -0.590. The predicted octanol–water partition coefficient (Wildman–Crippen LogP) is 3.08. The highest BCUT2D eigenvalue weighted by Crippen LogP contribution is 2.50. The van der Waals surface area contributed by atoms with Crippen molar-refractivity contribution in [3.8, 4) is 0 Å². The lowest BCUT2D eigenvalue weighted by Gasteiger charge is -2.58. The number of piperidine rings is 2. The summed E-state index contributed by atoms with van der Waals surface area (Å²) in [6.45, 7) is 9.99. The maximum atomic E-state index is 12.9. The van der Waals surface area contributed by atoms with E-state index in [9.17, 15) is 19.2 Å². The molecule has 1 atom stereocenters. The van der Waals surface area contributed by atoms with Crippen molar-refractivity contribution in [2.45, 2.75) is 84.1 Å². The number of ether oxygens (including phenoxy) is 2. The van der Waals surface area contributed by atoms with Crippen LogP contribution in [0.1, 0.15) is 75.2 Å². The number of rotatable bonds is 5. The van der Waals surface area contributed by atoms with Crippen LogP contribution >= 0.6 is 0 Å². The van der Waals surface area contributed by atoms with Gasteiger partial charge < -0.3 is 24.2 Å². The van der Waals surface area contributed by atoms with Gasteiger partial charge in [-0.1, -0.05) is 13.8 Å². The van der Waals surface area contributed by atoms with Crippen LogP contribution in [0.25, 0.3) is 0 Å². The van der Waals surface area contributed by atoms with Crippen molar-refractivity contribution in [2.75, 3.05) is 37.7 Å². The summed E-state index contributed by atoms with van der Waals surface area (Å²) in [6.07, 6.45) is 4.90. The van der Waals surface area contributed by atoms with Crippen LogP contribution in [0, 0.1) is 5.41 Å². The van der Waals surface area contributed by atoms with Gasteiger partial charge in [-0.15, -0.1) is 0 Å². The maximum Gasteiger partial charge on any atom is 0.409 e. The zero-order chi connectivity index (χ0) is 27.7. The number of hydrogen-bond donors (Lipinski definition) is 1. The molecule has 4 heterocycles. The molecule has 1 saturated carbocycles. The third-order valence-electron chi connectivity index (χ3n) is 8.60. The van der Waals surface area contributed by atoms with Gasteiger partial charge in [-0.25, -0.2) is 4.79 Å². The number of likely N-dealkylation sites (tertiary alicyclic amines) is 1. The minimum Gasteiger partial charge on any atom is -0.450 e. The molecule has 4 aliphatic heterocycles. The average Bonchev–Trinajstić information content (AvgIpc) is 3.21. The Labute approximate surface area is 230 Å². The number of nitrogens with one attached hydrogen (secondary N) is 1. The van der Waals surface area contributed by atoms with Crippen molar-refractivity contribution in [2.24, 2.45) is 5.41 Å². The number of carbonyl (C=O) groups is 4. The molecule has 10 nitrogen and oxygen atoms in total. The summed E-state index contributed by atoms with van der Waals surface area (Å²) in [5, 5.41) is 2.35. The molecule has 1 unspecified atom stereocenters. The number of benzene rings is 1. The third-order valence-corrected chi connectivity index (χ3v) is 8.60. The lowest BCUT2D eigenvalue weighted by Crippen LogP contribution is -2.65. The molecule has 0 aromatic heterocycles. The zero-order valence-corrected chi connectivity index (χ0v) is 23.2. The Balaban J connectivity index is 0.00000151. The summed E-state index contributed by atoms with van der Waals surface area (Å²) >= 11 is 0. The lowest BCUT2D eigenvalue weighted by molar-refractivity contribution is -0.164. The molecule has 0 radical (unpaired) electrons. The number of imide groups is 1. The fourth-order valence-electron chi connectivity index (χ4n) is 6.65. The highest BCUT2D eigenvalue weighted by molar-refractivity contribution is 6.05. The van der Waals surface area contributed by atoms with E-state index in [0.717, 1.165) is 63.1 Å². The van der Waals surface area contributed by atoms with Crippen molar-refractivity contribution in [1.82, 2.24) is 15.1 Å². The van der Waals surface area contributed by atoms with Crippen LogP contribution in [0.4, 0.5) is 10.5 Å². The van der Waals surface area contributed by atoms with Crippen LogP contribution in [-0.4, -0.2) is 84.7 Å². The number of hydrogen-bond acceptors (Lipinski definition) is 7. The summed E-state index contributed by atoms with van der Waals surface area (Å²) in [4.78, 5) is 54.3. The standard InChI is InChI=1S/C27H34N4O6.C2H6/c1-2-36-26(35)30-15-27(16-30)12-20(13-27)37-19-7-9-29(10-8-19)18-3-4-21-17(11-18)14-31(25(21)34)22-5-6-23(32)28-24(22)33;1-2/h3-4,11,19-20,22H,2,5-10,12-16H2,1H3,(H,28,32,33);1-2H3. The van der Waals surface area contributed by atoms with Crippen LogP contribution in [0.15, 0.2) is 18.2 Å². The van der Waals surface area contributed by atoms with Crippen LogP contribution in [0.2, 0.25) is 0 Å². The molecule has 0 bridgehead atoms. The minimum absolute atomic E-state index is 0.140. The van der Waals surface area contributed by atoms with Gasteiger partial charge in [0.25, 0.3) is 5.91 Å². The maximum absolute atomic E-state index is 12.9. The predicted molar refractivity (Wildman–Crippen MR) is 144 cm³/mol. The zero-order valence-electron chi connectivity index (χ0n) is 23.2. The van der Waals surface area contributed by atoms with Crippen LogP contribution in [0.5, 0.6) is 0 Å². The summed E-state index contributed by atoms with van der Waals surface area (Å²) in [6, 6.07) is 5.34. The molecule has 1 aromatic rings. The Morgan fingerprint density at radius 1 is 1.05 bits per heavy atom. The smallest absolute Gasteiger partial charge is 0.409 e. The molecule has 6 rings (SSSR count). The summed E-state index contributed by atoms with van der Waals surface area (Å²) in [7, 11) is 0. The Hall–Kier alpha value is -3.14. The van der Waals surface area contributed by atoms with E-state index in [1.54, 1.807) is 9.80 Å². The van der Waals surface area contributed by atoms with Gasteiger partial charge in [0.05, 0.1) is 18.8 Å². The van der Waals surface area contributed by atoms with E-state index in [1.807, 2.05) is 32.9 Å². The molecule has 3 saturated heterocycles. The van der Waals surface area contributed by atoms with Crippen molar-refractivity contribution in [3.63, 3.8) is 0 Å². The Morgan fingerprint density at radius 2 is 1.77 bits per heavy atom. The van der Waals surface area contributed by atoms with Gasteiger partial charge in [0.15, 0.2) is 0 Å². The second kappa shape index (κ2) is 11.2. The van der Waals surface area contributed by atoms with Gasteiger partial charge in [-0.05, 0) is 62.8 Å². The van der Waals surface area contributed by atoms with Crippen molar-refractivity contribution >= 4 is 29.5 Å². The van der Waals surface area contributed by atoms with Crippen LogP contribution < -0.4 is 10.2 Å². The molecule has 4 fully saturated rings. The quantitative estimate of drug-likeness (QED) is 0.572. The molecule has 1 N–H and O–H groups in total. The monoisotopic (exact) mass is 540 g/mol. The number of fused-ring (bicyclic) bond motifs is 1. The number of nitrogens with zero attached hydrogens (tertiary/aromatic N) is 3. The highest BCUT2D eigenvalue weighted by Gasteiger charge is 2.55. The van der Waals surface area contributed by atoms with Crippen molar-refractivity contribution in [3.05, 3.63) is 29.3 Å². The fourth-order valence-corrected chi connectivity index (χ4v) is 6.65. The van der Waals surface area contributed by atoms with E-state index >= 15 is 0 Å². The van der Waals surface area contributed by atoms with E-state index in [0.29, 0.717) is 25.1 Å². The number of carbonyl (C=O) groups excluding carboxylic acids is 4. The molecule has 10 heteroatoms. The van der Waals surface area contributed by atoms with E-state index < -0.39 is 6.04 Å². The normalized spacial score (nSPS) is 24.4. The first-order chi connectivity index (χ1) is 18.8. The Kier molecular flexibility index (Phi) is 7.84. The molecule has 39 heavy (non-hydrogen) atoms. The van der Waals surface area contributed by atoms with Crippen LogP contribution in [0.3, 0.4) is 0 Å². The second-order valence-corrected chi connectivity index (χ2v) is 11.1. The first kappa shape index (κ1) is 27.4. The van der Waals surface area contributed by atoms with Gasteiger partial charge in [-0.3, -0.25) is 19.7 Å². The molecular weight excluding hydrogens is 500 g/mol. The lowest BCUT2D eigenvalue weighted by atomic mass is 9.62. The summed E-state index contributed by atoms with van der Waals surface area (Å²) in [5.74, 6) is -0.801. The SMILES string of the molecule is CC.CCOC(=O)N1CC2(CC(OC3CCN(c4ccc5c(c4)CN(C4CCC(=O)NC4=O)C5=O)CC3)C2)C1. The van der Waals surface area contributed by atoms with Crippen LogP contribution in [-0.2, 0) is 25.6 Å². The van der Waals surface area contributed by atoms with Crippen molar-refractivity contribution in [1.29, 1.82) is 0 Å². The van der Waals surface area contributed by atoms with Gasteiger partial charge in [-0.2, -0.15) is 0 Å². The number of anilines is 1. The van der Waals surface area contributed by atoms with E-state index in [4.69, 9.17) is 9.47 Å². The fraction of sp³-hybridized carbons (Fsp3) is 0.655. The van der Waals surface area contributed by atoms with E-state index in [1.165, 1.54) is 0 Å². The molecule has 1 spiro atoms. The highest BCUT2D eigenvalue weighted by atomic mass is 16.6. The first-order valence-corrected chi connectivity index (χ1v) is 14.4. The Bertz CT molecular complexity index is 1120. The topological polar surface area (TPSA) is 108 Å². The first-order valence-electron chi connectivity index (χ1n) is 14.4. The molecule has 5 aliphatic rings. The summed E-state index contributed by atoms with van der Waals surface area (Å²) < 4.78 is 11.5. The molecular formula is C29H40N4O6. The van der Waals surface area contributed by atoms with Crippen molar-refractivity contribution < 1.29 is 28.7 Å². The van der Waals surface area contributed by atoms with E-state index in [-0.39, 0.29) is 47.9 Å². The molecule has 1 aliphatic carbocycles. The number of amides is 4. The van der Waals surface area contributed by atoms with Gasteiger partial charge in [0.1, 0.15) is 6.04 Å². The van der Waals surface area contributed by atoms with Gasteiger partial charge in [0.2, 0.25) is 11.8 Å². The summed E-state index contributed by atoms with van der Waals surface area (Å²) in [5.41, 5.74) is 2.90. The second-order valence-electron chi connectivity index (χ2n) is 11.1. The third kappa shape index (κ3) is 5.35. The van der Waals surface area contributed by atoms with Gasteiger partial charge in [0, 0.05) is 55.8 Å². The largest absolute Gasteiger partial charge is 0.450 e. The average molecular weight is 541 g/mol. The molecule has 4 amide bonds. The molecule has 212 valence electrons. The Morgan fingerprint density at radius 3 is 2.44 bits per heavy atom. The van der Waals surface area contributed by atoms with E-state index in [2.05, 4.69) is 16.3 Å². The van der Waals surface area contributed by atoms with Gasteiger partial charge >= 0.3 is 6.09 Å².